The first-order valence-electron chi connectivity index (χ1n) is 11.3. The van der Waals surface area contributed by atoms with Crippen molar-refractivity contribution >= 4 is 34.2 Å². The van der Waals surface area contributed by atoms with Gasteiger partial charge in [0.15, 0.2) is 0 Å². The second-order valence-electron chi connectivity index (χ2n) is 8.99. The summed E-state index contributed by atoms with van der Waals surface area (Å²) >= 11 is 6.30. The number of nitrogens with one attached hydrogen (secondary N) is 2. The van der Waals surface area contributed by atoms with E-state index < -0.39 is 0 Å². The highest BCUT2D eigenvalue weighted by molar-refractivity contribution is 6.33. The Morgan fingerprint density at radius 2 is 2.03 bits per heavy atom. The van der Waals surface area contributed by atoms with E-state index in [9.17, 15) is 9.59 Å². The van der Waals surface area contributed by atoms with Gasteiger partial charge in [0.05, 0.1) is 27.9 Å². The fourth-order valence-electron chi connectivity index (χ4n) is 4.61. The quantitative estimate of drug-likeness (QED) is 0.600. The third-order valence-electron chi connectivity index (χ3n) is 6.51. The number of anilines is 1. The van der Waals surface area contributed by atoms with Crippen LogP contribution in [-0.4, -0.2) is 58.5 Å². The Labute approximate surface area is 197 Å². The number of aromatic nitrogens is 3. The average Bonchev–Trinajstić information content (AvgIpc) is 3.63. The fourth-order valence-corrected chi connectivity index (χ4v) is 4.86. The van der Waals surface area contributed by atoms with E-state index in [4.69, 9.17) is 11.6 Å². The van der Waals surface area contributed by atoms with Crippen molar-refractivity contribution in [2.45, 2.75) is 38.3 Å². The maximum absolute atomic E-state index is 12.4. The number of carbonyl (C=O) groups is 1. The number of amides is 1. The van der Waals surface area contributed by atoms with Crippen LogP contribution in [0.2, 0.25) is 5.02 Å². The van der Waals surface area contributed by atoms with Crippen LogP contribution in [0.15, 0.2) is 35.4 Å². The van der Waals surface area contributed by atoms with Crippen LogP contribution in [0.4, 0.5) is 5.69 Å². The molecule has 1 aliphatic carbocycles. The predicted octanol–water partition coefficient (Wildman–Crippen LogP) is 2.92. The monoisotopic (exact) mass is 466 g/mol. The summed E-state index contributed by atoms with van der Waals surface area (Å²) in [6, 6.07) is 6.05. The number of pyridine rings is 3. The van der Waals surface area contributed by atoms with Crippen LogP contribution in [0, 0.1) is 0 Å². The Morgan fingerprint density at radius 1 is 1.21 bits per heavy atom. The molecule has 1 atom stereocenters. The number of piperazine rings is 1. The van der Waals surface area contributed by atoms with Crippen molar-refractivity contribution < 1.29 is 4.79 Å². The van der Waals surface area contributed by atoms with Crippen molar-refractivity contribution in [3.05, 3.63) is 62.8 Å². The number of hydrogen-bond donors (Lipinski definition) is 2. The molecule has 0 spiro atoms. The first-order valence-corrected chi connectivity index (χ1v) is 11.7. The zero-order chi connectivity index (χ0) is 23.1. The first-order chi connectivity index (χ1) is 15.9. The molecule has 1 saturated heterocycles. The van der Waals surface area contributed by atoms with E-state index >= 15 is 0 Å². The second-order valence-corrected chi connectivity index (χ2v) is 9.39. The van der Waals surface area contributed by atoms with Gasteiger partial charge in [0.2, 0.25) is 0 Å². The molecule has 2 N–H and O–H groups in total. The van der Waals surface area contributed by atoms with Gasteiger partial charge in [-0.05, 0) is 49.4 Å². The minimum absolute atomic E-state index is 0.0147. The Balaban J connectivity index is 1.27. The van der Waals surface area contributed by atoms with E-state index in [-0.39, 0.29) is 23.2 Å². The summed E-state index contributed by atoms with van der Waals surface area (Å²) in [7, 11) is 1.56. The molecule has 0 radical (unpaired) electrons. The Morgan fingerprint density at radius 3 is 2.73 bits per heavy atom. The molecule has 9 heteroatoms. The molecule has 1 amide bonds. The summed E-state index contributed by atoms with van der Waals surface area (Å²) < 4.78 is 0. The van der Waals surface area contributed by atoms with Crippen LogP contribution >= 0.6 is 11.6 Å². The smallest absolute Gasteiger partial charge is 0.271 e. The molecule has 4 heterocycles. The minimum Gasteiger partial charge on any atom is -0.365 e. The molecule has 2 fully saturated rings. The van der Waals surface area contributed by atoms with Crippen molar-refractivity contribution in [1.29, 1.82) is 0 Å². The lowest BCUT2D eigenvalue weighted by molar-refractivity contribution is 0.0958. The van der Waals surface area contributed by atoms with Crippen LogP contribution in [-0.2, 0) is 6.54 Å². The van der Waals surface area contributed by atoms with Gasteiger partial charge in [0.25, 0.3) is 11.5 Å². The van der Waals surface area contributed by atoms with E-state index in [1.807, 2.05) is 24.4 Å². The van der Waals surface area contributed by atoms with Crippen LogP contribution in [0.3, 0.4) is 0 Å². The molecule has 5 rings (SSSR count). The highest BCUT2D eigenvalue weighted by atomic mass is 35.5. The molecular formula is C24H27ClN6O2. The highest BCUT2D eigenvalue weighted by Gasteiger charge is 2.27. The van der Waals surface area contributed by atoms with Gasteiger partial charge >= 0.3 is 0 Å². The molecule has 0 aromatic carbocycles. The number of halogens is 1. The third-order valence-corrected chi connectivity index (χ3v) is 6.80. The van der Waals surface area contributed by atoms with Crippen LogP contribution < -0.4 is 15.8 Å². The largest absolute Gasteiger partial charge is 0.365 e. The maximum atomic E-state index is 12.4. The van der Waals surface area contributed by atoms with Crippen molar-refractivity contribution in [2.24, 2.45) is 0 Å². The number of aromatic amines is 1. The molecule has 172 valence electrons. The average molecular weight is 467 g/mol. The van der Waals surface area contributed by atoms with Crippen molar-refractivity contribution in [1.82, 2.24) is 25.2 Å². The fraction of sp³-hybridized carbons (Fsp3) is 0.417. The van der Waals surface area contributed by atoms with Gasteiger partial charge in [-0.25, -0.2) is 4.98 Å². The molecule has 0 bridgehead atoms. The summed E-state index contributed by atoms with van der Waals surface area (Å²) in [6.07, 6.45) is 5.81. The second kappa shape index (κ2) is 8.76. The summed E-state index contributed by atoms with van der Waals surface area (Å²) in [5.74, 6) is 0.112. The Kier molecular flexibility index (Phi) is 5.80. The molecule has 1 unspecified atom stereocenters. The highest BCUT2D eigenvalue weighted by Crippen LogP contribution is 2.38. The number of hydrogen-bond acceptors (Lipinski definition) is 6. The number of rotatable bonds is 5. The van der Waals surface area contributed by atoms with E-state index in [1.165, 1.54) is 0 Å². The van der Waals surface area contributed by atoms with Crippen molar-refractivity contribution in [2.75, 3.05) is 31.6 Å². The maximum Gasteiger partial charge on any atom is 0.271 e. The lowest BCUT2D eigenvalue weighted by atomic mass is 10.1. The SMILES string of the molecule is CNC(=O)c1ncc(N2CCN(Cc3cnc4cc(C5CC5)c(=O)[nH]c4c3)CC2C)cc1Cl. The molecule has 8 nitrogen and oxygen atoms in total. The molecule has 1 aliphatic heterocycles. The normalized spacial score (nSPS) is 19.1. The number of nitrogens with zero attached hydrogens (tertiary/aromatic N) is 4. The lowest BCUT2D eigenvalue weighted by Crippen LogP contribution is -2.51. The molecule has 3 aromatic heterocycles. The van der Waals surface area contributed by atoms with Crippen LogP contribution in [0.1, 0.15) is 47.3 Å². The number of fused-ring (bicyclic) bond motifs is 1. The summed E-state index contributed by atoms with van der Waals surface area (Å²) in [5.41, 5.74) is 4.76. The zero-order valence-electron chi connectivity index (χ0n) is 18.8. The van der Waals surface area contributed by atoms with Gasteiger partial charge in [-0.3, -0.25) is 19.5 Å². The number of H-pyrrole nitrogens is 1. The van der Waals surface area contributed by atoms with Crippen molar-refractivity contribution in [3.63, 3.8) is 0 Å². The molecule has 3 aromatic rings. The lowest BCUT2D eigenvalue weighted by Gasteiger charge is -2.41. The van der Waals surface area contributed by atoms with Gasteiger partial charge in [0, 0.05) is 51.0 Å². The Bertz CT molecular complexity index is 1270. The van der Waals surface area contributed by atoms with Crippen LogP contribution in [0.25, 0.3) is 11.0 Å². The molecule has 1 saturated carbocycles. The van der Waals surface area contributed by atoms with E-state index in [0.29, 0.717) is 10.9 Å². The van der Waals surface area contributed by atoms with Crippen LogP contribution in [0.5, 0.6) is 0 Å². The Hall–Kier alpha value is -2.97. The summed E-state index contributed by atoms with van der Waals surface area (Å²) in [5, 5.41) is 2.90. The predicted molar refractivity (Wildman–Crippen MR) is 129 cm³/mol. The van der Waals surface area contributed by atoms with Gasteiger partial charge in [-0.15, -0.1) is 0 Å². The van der Waals surface area contributed by atoms with Gasteiger partial charge < -0.3 is 15.2 Å². The number of carbonyl (C=O) groups excluding carboxylic acids is 1. The first kappa shape index (κ1) is 21.9. The molecular weight excluding hydrogens is 440 g/mol. The standard InChI is InChI=1S/C24H27ClN6O2/c1-14-12-30(5-6-31(14)17-8-19(25)22(28-11-17)24(33)26-2)13-15-7-21-20(27-10-15)9-18(16-3-4-16)23(32)29-21/h7-11,14,16H,3-6,12-13H2,1-2H3,(H,26,33)(H,29,32). The van der Waals surface area contributed by atoms with E-state index in [0.717, 1.165) is 66.9 Å². The molecule has 33 heavy (non-hydrogen) atoms. The summed E-state index contributed by atoms with van der Waals surface area (Å²) in [4.78, 5) is 40.8. The minimum atomic E-state index is -0.293. The topological polar surface area (TPSA) is 94.2 Å². The summed E-state index contributed by atoms with van der Waals surface area (Å²) in [6.45, 7) is 5.49. The van der Waals surface area contributed by atoms with E-state index in [2.05, 4.69) is 37.0 Å². The third kappa shape index (κ3) is 4.45. The van der Waals surface area contributed by atoms with E-state index in [1.54, 1.807) is 13.2 Å². The van der Waals surface area contributed by atoms with Gasteiger partial charge in [0.1, 0.15) is 5.69 Å². The molecule has 2 aliphatic rings. The van der Waals surface area contributed by atoms with Gasteiger partial charge in [-0.1, -0.05) is 11.6 Å². The van der Waals surface area contributed by atoms with Crippen molar-refractivity contribution in [3.8, 4) is 0 Å². The zero-order valence-corrected chi connectivity index (χ0v) is 19.5. The van der Waals surface area contributed by atoms with Gasteiger partial charge in [-0.2, -0.15) is 0 Å².